The number of amides is 1. The van der Waals surface area contributed by atoms with Crippen molar-refractivity contribution in [1.82, 2.24) is 5.32 Å². The molecule has 0 aliphatic carbocycles. The number of halogens is 2. The Morgan fingerprint density at radius 3 is 2.75 bits per heavy atom. The van der Waals surface area contributed by atoms with Crippen LogP contribution < -0.4 is 5.32 Å². The van der Waals surface area contributed by atoms with E-state index in [-0.39, 0.29) is 10.4 Å². The molecule has 1 N–H and O–H groups in total. The molecule has 2 aromatic carbocycles. The predicted molar refractivity (Wildman–Crippen MR) is 81.3 cm³/mol. The summed E-state index contributed by atoms with van der Waals surface area (Å²) in [6, 6.07) is 12.6. The molecule has 0 heterocycles. The van der Waals surface area contributed by atoms with Crippen LogP contribution >= 0.6 is 15.9 Å². The van der Waals surface area contributed by atoms with E-state index in [2.05, 4.69) is 27.3 Å². The number of aryl methyl sites for hydroxylation is 1. The average molecular weight is 336 g/mol. The molecule has 0 saturated heterocycles. The molecular weight excluding hydrogens is 321 g/mol. The lowest BCUT2D eigenvalue weighted by atomic mass is 10.1. The van der Waals surface area contributed by atoms with Gasteiger partial charge >= 0.3 is 0 Å². The van der Waals surface area contributed by atoms with Gasteiger partial charge in [-0.3, -0.25) is 4.79 Å². The minimum absolute atomic E-state index is 0.202. The van der Waals surface area contributed by atoms with E-state index in [0.717, 1.165) is 6.42 Å². The van der Waals surface area contributed by atoms with Gasteiger partial charge in [-0.25, -0.2) is 4.39 Å². The van der Waals surface area contributed by atoms with Crippen LogP contribution in [0, 0.1) is 12.7 Å². The van der Waals surface area contributed by atoms with Gasteiger partial charge in [-0.15, -0.1) is 0 Å². The Balaban J connectivity index is 1.94. The lowest BCUT2D eigenvalue weighted by Gasteiger charge is -2.08. The van der Waals surface area contributed by atoms with Crippen LogP contribution in [0.25, 0.3) is 0 Å². The zero-order valence-corrected chi connectivity index (χ0v) is 12.7. The lowest BCUT2D eigenvalue weighted by Crippen LogP contribution is -2.26. The van der Waals surface area contributed by atoms with Crippen LogP contribution in [0.2, 0.25) is 0 Å². The molecular formula is C16H15BrFNO. The normalized spacial score (nSPS) is 10.3. The van der Waals surface area contributed by atoms with Crippen LogP contribution in [0.1, 0.15) is 21.5 Å². The summed E-state index contributed by atoms with van der Waals surface area (Å²) in [5, 5.41) is 2.80. The Bertz CT molecular complexity index is 628. The number of nitrogens with one attached hydrogen (secondary N) is 1. The van der Waals surface area contributed by atoms with Gasteiger partial charge in [0.05, 0.1) is 10.0 Å². The van der Waals surface area contributed by atoms with Crippen molar-refractivity contribution in [3.05, 3.63) is 69.4 Å². The van der Waals surface area contributed by atoms with Crippen molar-refractivity contribution < 1.29 is 9.18 Å². The van der Waals surface area contributed by atoms with Crippen molar-refractivity contribution >= 4 is 21.8 Å². The number of benzene rings is 2. The molecule has 0 bridgehead atoms. The van der Waals surface area contributed by atoms with Gasteiger partial charge in [0.1, 0.15) is 5.82 Å². The largest absolute Gasteiger partial charge is 0.352 e. The number of hydrogen-bond acceptors (Lipinski definition) is 1. The van der Waals surface area contributed by atoms with E-state index in [9.17, 15) is 9.18 Å². The molecule has 0 unspecified atom stereocenters. The smallest absolute Gasteiger partial charge is 0.252 e. The maximum atomic E-state index is 13.3. The van der Waals surface area contributed by atoms with Crippen molar-refractivity contribution in [3.8, 4) is 0 Å². The zero-order valence-electron chi connectivity index (χ0n) is 11.1. The highest BCUT2D eigenvalue weighted by Crippen LogP contribution is 2.20. The lowest BCUT2D eigenvalue weighted by molar-refractivity contribution is 0.0953. The highest BCUT2D eigenvalue weighted by Gasteiger charge is 2.12. The molecule has 0 atom stereocenters. The molecule has 0 aromatic heterocycles. The Hall–Kier alpha value is -1.68. The van der Waals surface area contributed by atoms with Crippen LogP contribution in [0.15, 0.2) is 46.9 Å². The summed E-state index contributed by atoms with van der Waals surface area (Å²) in [6.45, 7) is 2.55. The van der Waals surface area contributed by atoms with E-state index in [4.69, 9.17) is 0 Å². The van der Waals surface area contributed by atoms with Gasteiger partial charge in [0.2, 0.25) is 0 Å². The fourth-order valence-electron chi connectivity index (χ4n) is 1.96. The first-order valence-electron chi connectivity index (χ1n) is 6.35. The summed E-state index contributed by atoms with van der Waals surface area (Å²) in [4.78, 5) is 12.0. The quantitative estimate of drug-likeness (QED) is 0.902. The summed E-state index contributed by atoms with van der Waals surface area (Å²) in [5.41, 5.74) is 2.68. The molecule has 2 aromatic rings. The van der Waals surface area contributed by atoms with Crippen molar-refractivity contribution in [3.63, 3.8) is 0 Å². The molecule has 4 heteroatoms. The molecule has 0 saturated carbocycles. The second-order valence-electron chi connectivity index (χ2n) is 4.60. The van der Waals surface area contributed by atoms with Crippen LogP contribution in [0.4, 0.5) is 4.39 Å². The van der Waals surface area contributed by atoms with Crippen LogP contribution in [-0.2, 0) is 6.42 Å². The van der Waals surface area contributed by atoms with Gasteiger partial charge < -0.3 is 5.32 Å². The van der Waals surface area contributed by atoms with Crippen molar-refractivity contribution in [2.45, 2.75) is 13.3 Å². The topological polar surface area (TPSA) is 29.1 Å². The van der Waals surface area contributed by atoms with Gasteiger partial charge in [0.15, 0.2) is 0 Å². The summed E-state index contributed by atoms with van der Waals surface area (Å²) in [7, 11) is 0. The van der Waals surface area contributed by atoms with Crippen molar-refractivity contribution in [2.75, 3.05) is 6.54 Å². The molecule has 0 aliphatic rings. The average Bonchev–Trinajstić information content (AvgIpc) is 2.42. The third kappa shape index (κ3) is 3.67. The van der Waals surface area contributed by atoms with Gasteiger partial charge in [-0.05, 0) is 47.0 Å². The number of carbonyl (C=O) groups excluding carboxylic acids is 1. The zero-order chi connectivity index (χ0) is 14.5. The van der Waals surface area contributed by atoms with Gasteiger partial charge in [0.25, 0.3) is 5.91 Å². The maximum absolute atomic E-state index is 13.3. The Kier molecular flexibility index (Phi) is 4.90. The van der Waals surface area contributed by atoms with E-state index in [1.54, 1.807) is 6.07 Å². The van der Waals surface area contributed by atoms with Crippen LogP contribution in [0.5, 0.6) is 0 Å². The number of hydrogen-bond donors (Lipinski definition) is 1. The summed E-state index contributed by atoms with van der Waals surface area (Å²) in [6.07, 6.45) is 0.750. The SMILES string of the molecule is Cc1cccc(CCNC(=O)c2cccc(F)c2Br)c1. The fraction of sp³-hybridized carbons (Fsp3) is 0.188. The first-order chi connectivity index (χ1) is 9.58. The third-order valence-corrected chi connectivity index (χ3v) is 3.78. The standard InChI is InChI=1S/C16H15BrFNO/c1-11-4-2-5-12(10-11)8-9-19-16(20)13-6-3-7-14(18)15(13)17/h2-7,10H,8-9H2,1H3,(H,19,20). The predicted octanol–water partition coefficient (Wildman–Crippen LogP) is 3.87. The highest BCUT2D eigenvalue weighted by molar-refractivity contribution is 9.10. The molecule has 2 rings (SSSR count). The molecule has 0 radical (unpaired) electrons. The molecule has 0 fully saturated rings. The summed E-state index contributed by atoms with van der Waals surface area (Å²) < 4.78 is 13.5. The van der Waals surface area contributed by atoms with E-state index in [1.807, 2.05) is 25.1 Å². The van der Waals surface area contributed by atoms with E-state index >= 15 is 0 Å². The molecule has 0 aliphatic heterocycles. The van der Waals surface area contributed by atoms with Crippen molar-refractivity contribution in [1.29, 1.82) is 0 Å². The Morgan fingerprint density at radius 1 is 1.25 bits per heavy atom. The molecule has 0 spiro atoms. The van der Waals surface area contributed by atoms with E-state index in [0.29, 0.717) is 12.1 Å². The van der Waals surface area contributed by atoms with Crippen LogP contribution in [-0.4, -0.2) is 12.5 Å². The van der Waals surface area contributed by atoms with Gasteiger partial charge in [-0.2, -0.15) is 0 Å². The number of rotatable bonds is 4. The molecule has 104 valence electrons. The van der Waals surface area contributed by atoms with Gasteiger partial charge in [-0.1, -0.05) is 35.9 Å². The monoisotopic (exact) mass is 335 g/mol. The second-order valence-corrected chi connectivity index (χ2v) is 5.39. The summed E-state index contributed by atoms with van der Waals surface area (Å²) in [5.74, 6) is -0.708. The highest BCUT2D eigenvalue weighted by atomic mass is 79.9. The Morgan fingerprint density at radius 2 is 2.00 bits per heavy atom. The minimum Gasteiger partial charge on any atom is -0.352 e. The van der Waals surface area contributed by atoms with Gasteiger partial charge in [0, 0.05) is 6.54 Å². The maximum Gasteiger partial charge on any atom is 0.252 e. The first kappa shape index (κ1) is 14.7. The molecule has 20 heavy (non-hydrogen) atoms. The third-order valence-electron chi connectivity index (χ3n) is 2.98. The van der Waals surface area contributed by atoms with Crippen molar-refractivity contribution in [2.24, 2.45) is 0 Å². The van der Waals surface area contributed by atoms with Crippen LogP contribution in [0.3, 0.4) is 0 Å². The Labute approximate surface area is 126 Å². The first-order valence-corrected chi connectivity index (χ1v) is 7.15. The number of carbonyl (C=O) groups is 1. The summed E-state index contributed by atoms with van der Waals surface area (Å²) >= 11 is 3.09. The molecule has 2 nitrogen and oxygen atoms in total. The van der Waals surface area contributed by atoms with E-state index < -0.39 is 5.82 Å². The van der Waals surface area contributed by atoms with E-state index in [1.165, 1.54) is 23.3 Å². The minimum atomic E-state index is -0.434. The molecule has 1 amide bonds. The second kappa shape index (κ2) is 6.66. The fourth-order valence-corrected chi connectivity index (χ4v) is 2.41.